The lowest BCUT2D eigenvalue weighted by atomic mass is 10.0. The quantitative estimate of drug-likeness (QED) is 0.890. The Bertz CT molecular complexity index is 531. The zero-order chi connectivity index (χ0) is 14.8. The topological polar surface area (TPSA) is 52.7 Å². The normalized spacial score (nSPS) is 25.0. The minimum absolute atomic E-state index is 0.0407. The van der Waals surface area contributed by atoms with Gasteiger partial charge in [-0.25, -0.2) is 0 Å². The maximum absolute atomic E-state index is 12.5. The van der Waals surface area contributed by atoms with Gasteiger partial charge < -0.3 is 5.32 Å². The van der Waals surface area contributed by atoms with Gasteiger partial charge in [-0.05, 0) is 18.9 Å². The SMILES string of the molecule is CC1CN(S(=O)(=O)N(C)C)C(Cc2ccccc2)CN1. The van der Waals surface area contributed by atoms with Crippen molar-refractivity contribution in [2.75, 3.05) is 27.2 Å². The van der Waals surface area contributed by atoms with Crippen LogP contribution in [-0.4, -0.2) is 56.3 Å². The molecule has 5 nitrogen and oxygen atoms in total. The summed E-state index contributed by atoms with van der Waals surface area (Å²) < 4.78 is 27.8. The molecule has 1 aliphatic heterocycles. The Morgan fingerprint density at radius 3 is 2.55 bits per heavy atom. The highest BCUT2D eigenvalue weighted by Crippen LogP contribution is 2.18. The van der Waals surface area contributed by atoms with Crippen LogP contribution in [0.5, 0.6) is 0 Å². The third-order valence-corrected chi connectivity index (χ3v) is 5.60. The van der Waals surface area contributed by atoms with Gasteiger partial charge in [0.15, 0.2) is 0 Å². The molecular formula is C14H23N3O2S. The second-order valence-corrected chi connectivity index (χ2v) is 7.61. The van der Waals surface area contributed by atoms with Gasteiger partial charge in [0.1, 0.15) is 0 Å². The van der Waals surface area contributed by atoms with Crippen LogP contribution in [0.15, 0.2) is 30.3 Å². The maximum atomic E-state index is 12.5. The summed E-state index contributed by atoms with van der Waals surface area (Å²) in [6, 6.07) is 10.2. The van der Waals surface area contributed by atoms with Crippen LogP contribution >= 0.6 is 0 Å². The molecule has 2 atom stereocenters. The van der Waals surface area contributed by atoms with Crippen molar-refractivity contribution in [1.82, 2.24) is 13.9 Å². The lowest BCUT2D eigenvalue weighted by molar-refractivity contribution is 0.219. The van der Waals surface area contributed by atoms with E-state index in [1.807, 2.05) is 37.3 Å². The number of nitrogens with one attached hydrogen (secondary N) is 1. The molecule has 0 radical (unpaired) electrons. The fourth-order valence-electron chi connectivity index (χ4n) is 2.48. The molecule has 1 saturated heterocycles. The summed E-state index contributed by atoms with van der Waals surface area (Å²) in [5, 5.41) is 3.37. The Morgan fingerprint density at radius 1 is 1.30 bits per heavy atom. The van der Waals surface area contributed by atoms with Crippen molar-refractivity contribution in [2.45, 2.75) is 25.4 Å². The summed E-state index contributed by atoms with van der Waals surface area (Å²) in [5.74, 6) is 0. The van der Waals surface area contributed by atoms with Crippen LogP contribution in [0, 0.1) is 0 Å². The molecule has 0 spiro atoms. The van der Waals surface area contributed by atoms with E-state index in [0.717, 1.165) is 12.0 Å². The summed E-state index contributed by atoms with van der Waals surface area (Å²) in [4.78, 5) is 0. The summed E-state index contributed by atoms with van der Waals surface area (Å²) in [6.07, 6.45) is 0.730. The van der Waals surface area contributed by atoms with Gasteiger partial charge in [0.2, 0.25) is 0 Å². The van der Waals surface area contributed by atoms with Gasteiger partial charge in [-0.3, -0.25) is 0 Å². The van der Waals surface area contributed by atoms with Gasteiger partial charge in [0, 0.05) is 39.3 Å². The van der Waals surface area contributed by atoms with Crippen molar-refractivity contribution in [3.05, 3.63) is 35.9 Å². The number of piperazine rings is 1. The molecule has 0 aliphatic carbocycles. The van der Waals surface area contributed by atoms with E-state index in [0.29, 0.717) is 13.1 Å². The maximum Gasteiger partial charge on any atom is 0.281 e. The van der Waals surface area contributed by atoms with E-state index in [1.54, 1.807) is 18.4 Å². The smallest absolute Gasteiger partial charge is 0.281 e. The molecule has 20 heavy (non-hydrogen) atoms. The molecule has 0 saturated carbocycles. The summed E-state index contributed by atoms with van der Waals surface area (Å²) in [6.45, 7) is 3.21. The van der Waals surface area contributed by atoms with Gasteiger partial charge in [-0.15, -0.1) is 0 Å². The molecule has 1 aromatic rings. The lowest BCUT2D eigenvalue weighted by Gasteiger charge is -2.39. The molecule has 0 amide bonds. The first-order valence-electron chi connectivity index (χ1n) is 6.88. The first kappa shape index (κ1) is 15.4. The zero-order valence-electron chi connectivity index (χ0n) is 12.3. The Balaban J connectivity index is 2.21. The number of nitrogens with zero attached hydrogens (tertiary/aromatic N) is 2. The predicted molar refractivity (Wildman–Crippen MR) is 80.7 cm³/mol. The van der Waals surface area contributed by atoms with E-state index in [2.05, 4.69) is 5.32 Å². The second kappa shape index (κ2) is 6.22. The molecule has 1 aromatic carbocycles. The number of hydrogen-bond donors (Lipinski definition) is 1. The van der Waals surface area contributed by atoms with Crippen LogP contribution in [0.25, 0.3) is 0 Å². The first-order valence-corrected chi connectivity index (χ1v) is 8.27. The molecule has 0 bridgehead atoms. The summed E-state index contributed by atoms with van der Waals surface area (Å²) >= 11 is 0. The molecule has 1 N–H and O–H groups in total. The first-order chi connectivity index (χ1) is 9.41. The van der Waals surface area contributed by atoms with E-state index in [1.165, 1.54) is 4.31 Å². The van der Waals surface area contributed by atoms with Crippen LogP contribution in [0.1, 0.15) is 12.5 Å². The minimum atomic E-state index is -3.38. The average molecular weight is 297 g/mol. The standard InChI is InChI=1S/C14H23N3O2S/c1-12-11-17(20(18,19)16(2)3)14(10-15-12)9-13-7-5-4-6-8-13/h4-8,12,14-15H,9-11H2,1-3H3. The molecule has 1 fully saturated rings. The van der Waals surface area contributed by atoms with Crippen LogP contribution in [-0.2, 0) is 16.6 Å². The van der Waals surface area contributed by atoms with Crippen LogP contribution in [0.2, 0.25) is 0 Å². The van der Waals surface area contributed by atoms with E-state index in [9.17, 15) is 8.42 Å². The Morgan fingerprint density at radius 2 is 1.95 bits per heavy atom. The van der Waals surface area contributed by atoms with Crippen molar-refractivity contribution in [3.63, 3.8) is 0 Å². The third-order valence-electron chi connectivity index (χ3n) is 3.63. The molecule has 0 aromatic heterocycles. The highest BCUT2D eigenvalue weighted by atomic mass is 32.2. The van der Waals surface area contributed by atoms with Crippen molar-refractivity contribution in [2.24, 2.45) is 0 Å². The number of benzene rings is 1. The number of rotatable bonds is 4. The van der Waals surface area contributed by atoms with Gasteiger partial charge in [-0.2, -0.15) is 17.0 Å². The molecule has 2 rings (SSSR count). The van der Waals surface area contributed by atoms with E-state index in [4.69, 9.17) is 0 Å². The fourth-order valence-corrected chi connectivity index (χ4v) is 3.83. The molecule has 2 unspecified atom stereocenters. The summed E-state index contributed by atoms with van der Waals surface area (Å²) in [7, 11) is -0.206. The van der Waals surface area contributed by atoms with E-state index >= 15 is 0 Å². The van der Waals surface area contributed by atoms with Gasteiger partial charge in [-0.1, -0.05) is 30.3 Å². The van der Waals surface area contributed by atoms with Crippen molar-refractivity contribution >= 4 is 10.2 Å². The average Bonchev–Trinajstić information content (AvgIpc) is 2.41. The monoisotopic (exact) mass is 297 g/mol. The number of hydrogen-bond acceptors (Lipinski definition) is 3. The fraction of sp³-hybridized carbons (Fsp3) is 0.571. The summed E-state index contributed by atoms with van der Waals surface area (Å²) in [5.41, 5.74) is 1.16. The van der Waals surface area contributed by atoms with E-state index < -0.39 is 10.2 Å². The highest BCUT2D eigenvalue weighted by molar-refractivity contribution is 7.86. The van der Waals surface area contributed by atoms with Gasteiger partial charge in [0.25, 0.3) is 10.2 Å². The minimum Gasteiger partial charge on any atom is -0.311 e. The highest BCUT2D eigenvalue weighted by Gasteiger charge is 2.35. The molecule has 6 heteroatoms. The Hall–Kier alpha value is -0.950. The third kappa shape index (κ3) is 3.38. The van der Waals surface area contributed by atoms with Gasteiger partial charge >= 0.3 is 0 Å². The van der Waals surface area contributed by atoms with Gasteiger partial charge in [0.05, 0.1) is 0 Å². The van der Waals surface area contributed by atoms with E-state index in [-0.39, 0.29) is 12.1 Å². The predicted octanol–water partition coefficient (Wildman–Crippen LogP) is 0.698. The zero-order valence-corrected chi connectivity index (χ0v) is 13.1. The van der Waals surface area contributed by atoms with Crippen molar-refractivity contribution in [3.8, 4) is 0 Å². The Kier molecular flexibility index (Phi) is 4.80. The second-order valence-electron chi connectivity index (χ2n) is 5.51. The lowest BCUT2D eigenvalue weighted by Crippen LogP contribution is -2.60. The molecule has 112 valence electrons. The van der Waals surface area contributed by atoms with Crippen molar-refractivity contribution < 1.29 is 8.42 Å². The van der Waals surface area contributed by atoms with Crippen LogP contribution < -0.4 is 5.32 Å². The van der Waals surface area contributed by atoms with Crippen molar-refractivity contribution in [1.29, 1.82) is 0 Å². The molecular weight excluding hydrogens is 274 g/mol. The van der Waals surface area contributed by atoms with Crippen LogP contribution in [0.4, 0.5) is 0 Å². The molecule has 1 heterocycles. The molecule has 1 aliphatic rings. The van der Waals surface area contributed by atoms with Crippen LogP contribution in [0.3, 0.4) is 0 Å². The largest absolute Gasteiger partial charge is 0.311 e. The Labute approximate surface area is 121 Å².